The first kappa shape index (κ1) is 16.2. The maximum Gasteiger partial charge on any atom is 0.322 e. The van der Waals surface area contributed by atoms with E-state index in [2.05, 4.69) is 27.4 Å². The molecule has 0 aliphatic rings. The van der Waals surface area contributed by atoms with Crippen LogP contribution in [0.5, 0.6) is 0 Å². The van der Waals surface area contributed by atoms with E-state index < -0.39 is 0 Å². The summed E-state index contributed by atoms with van der Waals surface area (Å²) in [5, 5.41) is 11.5. The lowest BCUT2D eigenvalue weighted by molar-refractivity contribution is 0.220. The Morgan fingerprint density at radius 3 is 3.12 bits per heavy atom. The highest BCUT2D eigenvalue weighted by molar-refractivity contribution is 7.15. The van der Waals surface area contributed by atoms with Gasteiger partial charge in [0.1, 0.15) is 5.69 Å². The van der Waals surface area contributed by atoms with Gasteiger partial charge in [0.25, 0.3) is 5.56 Å². The van der Waals surface area contributed by atoms with E-state index >= 15 is 0 Å². The Morgan fingerprint density at radius 2 is 2.33 bits per heavy atom. The molecule has 0 unspecified atom stereocenters. The minimum absolute atomic E-state index is 0.152. The van der Waals surface area contributed by atoms with Crippen LogP contribution in [0.2, 0.25) is 0 Å². The van der Waals surface area contributed by atoms with Gasteiger partial charge >= 0.3 is 6.03 Å². The molecule has 9 heteroatoms. The highest BCUT2D eigenvalue weighted by Crippen LogP contribution is 2.09. The lowest BCUT2D eigenvalue weighted by atomic mass is 10.2. The second kappa shape index (κ2) is 6.83. The summed E-state index contributed by atoms with van der Waals surface area (Å²) in [6.45, 7) is 2.46. The Hall–Kier alpha value is -2.68. The summed E-state index contributed by atoms with van der Waals surface area (Å²) in [6, 6.07) is 1.57. The third-order valence-corrected chi connectivity index (χ3v) is 4.30. The van der Waals surface area contributed by atoms with Gasteiger partial charge in [-0.3, -0.25) is 14.3 Å². The summed E-state index contributed by atoms with van der Waals surface area (Å²) in [6.07, 6.45) is 4.93. The Kier molecular flexibility index (Phi) is 4.61. The van der Waals surface area contributed by atoms with Crippen LogP contribution in [0.15, 0.2) is 28.6 Å². The molecule has 0 aromatic carbocycles. The van der Waals surface area contributed by atoms with Gasteiger partial charge in [0.15, 0.2) is 4.96 Å². The molecule has 3 rings (SSSR count). The van der Waals surface area contributed by atoms with Gasteiger partial charge in [0, 0.05) is 18.6 Å². The van der Waals surface area contributed by atoms with E-state index in [-0.39, 0.29) is 17.3 Å². The molecule has 0 aliphatic carbocycles. The molecular formula is C15H18N6O2S. The molecule has 0 aliphatic heterocycles. The molecule has 0 spiro atoms. The first-order chi connectivity index (χ1) is 11.6. The number of amides is 2. The number of carbonyl (C=O) groups excluding carboxylic acids is 1. The lowest BCUT2D eigenvalue weighted by Gasteiger charge is -2.16. The number of H-pyrrole nitrogens is 1. The van der Waals surface area contributed by atoms with E-state index in [0.29, 0.717) is 11.5 Å². The zero-order valence-electron chi connectivity index (χ0n) is 13.4. The molecule has 126 valence electrons. The molecule has 0 saturated carbocycles. The van der Waals surface area contributed by atoms with Gasteiger partial charge in [0.05, 0.1) is 24.1 Å². The Balaban J connectivity index is 1.68. The zero-order valence-corrected chi connectivity index (χ0v) is 14.3. The number of fused-ring (bicyclic) bond motifs is 1. The van der Waals surface area contributed by atoms with Crippen LogP contribution in [0.25, 0.3) is 4.96 Å². The van der Waals surface area contributed by atoms with Crippen LogP contribution in [0.1, 0.15) is 24.7 Å². The molecule has 2 N–H and O–H groups in total. The smallest absolute Gasteiger partial charge is 0.322 e. The number of hydrogen-bond donors (Lipinski definition) is 2. The molecule has 3 heterocycles. The number of urea groups is 1. The van der Waals surface area contributed by atoms with Gasteiger partial charge < -0.3 is 10.2 Å². The van der Waals surface area contributed by atoms with Crippen molar-refractivity contribution in [3.63, 3.8) is 0 Å². The average molecular weight is 346 g/mol. The number of nitrogens with zero attached hydrogens (tertiary/aromatic N) is 4. The van der Waals surface area contributed by atoms with Crippen molar-refractivity contribution in [1.82, 2.24) is 24.5 Å². The number of carbonyl (C=O) groups is 1. The number of anilines is 1. The summed E-state index contributed by atoms with van der Waals surface area (Å²) in [5.74, 6) is 0. The van der Waals surface area contributed by atoms with Crippen LogP contribution < -0.4 is 10.9 Å². The van der Waals surface area contributed by atoms with Crippen molar-refractivity contribution >= 4 is 28.0 Å². The van der Waals surface area contributed by atoms with Crippen LogP contribution in [-0.4, -0.2) is 37.6 Å². The van der Waals surface area contributed by atoms with E-state index in [9.17, 15) is 9.59 Å². The van der Waals surface area contributed by atoms with Crippen LogP contribution in [-0.2, 0) is 13.0 Å². The quantitative estimate of drug-likeness (QED) is 0.739. The predicted octanol–water partition coefficient (Wildman–Crippen LogP) is 2.10. The summed E-state index contributed by atoms with van der Waals surface area (Å²) in [7, 11) is 1.66. The number of hydrogen-bond acceptors (Lipinski definition) is 5. The Labute approximate surface area is 142 Å². The lowest BCUT2D eigenvalue weighted by Crippen LogP contribution is -2.33. The number of rotatable bonds is 5. The first-order valence-electron chi connectivity index (χ1n) is 7.58. The van der Waals surface area contributed by atoms with Gasteiger partial charge in [0.2, 0.25) is 0 Å². The van der Waals surface area contributed by atoms with Gasteiger partial charge in [-0.1, -0.05) is 13.3 Å². The maximum absolute atomic E-state index is 12.3. The normalized spacial score (nSPS) is 10.9. The van der Waals surface area contributed by atoms with Gasteiger partial charge in [-0.2, -0.15) is 5.10 Å². The number of aromatic amines is 1. The van der Waals surface area contributed by atoms with Crippen LogP contribution in [0, 0.1) is 0 Å². The highest BCUT2D eigenvalue weighted by Gasteiger charge is 2.14. The summed E-state index contributed by atoms with van der Waals surface area (Å²) >= 11 is 1.36. The van der Waals surface area contributed by atoms with Gasteiger partial charge in [-0.15, -0.1) is 11.3 Å². The Bertz CT molecular complexity index is 912. The average Bonchev–Trinajstić information content (AvgIpc) is 3.20. The molecule has 3 aromatic rings. The molecule has 24 heavy (non-hydrogen) atoms. The molecule has 2 amide bonds. The molecular weight excluding hydrogens is 328 g/mol. The minimum Gasteiger partial charge on any atom is -0.322 e. The van der Waals surface area contributed by atoms with Crippen molar-refractivity contribution in [2.75, 3.05) is 12.4 Å². The van der Waals surface area contributed by atoms with Crippen LogP contribution in [0.4, 0.5) is 10.5 Å². The molecule has 8 nitrogen and oxygen atoms in total. The van der Waals surface area contributed by atoms with Crippen LogP contribution >= 0.6 is 11.3 Å². The Morgan fingerprint density at radius 1 is 1.50 bits per heavy atom. The molecule has 0 atom stereocenters. The standard InChI is InChI=1S/C15H18N6O2S/c1-3-4-10-7-11(19-18-10)9-20(2)14(23)17-12-8-16-15-21(13(12)22)5-6-24-15/h5-8H,3-4,9H2,1-2H3,(H,17,23)(H,18,19). The third-order valence-electron chi connectivity index (χ3n) is 3.53. The van der Waals surface area contributed by atoms with E-state index in [0.717, 1.165) is 24.2 Å². The number of nitrogens with one attached hydrogen (secondary N) is 2. The summed E-state index contributed by atoms with van der Waals surface area (Å²) in [5.41, 5.74) is 1.68. The second-order valence-corrected chi connectivity index (χ2v) is 6.33. The third kappa shape index (κ3) is 3.30. The van der Waals surface area contributed by atoms with Crippen molar-refractivity contribution in [3.8, 4) is 0 Å². The molecule has 0 radical (unpaired) electrons. The maximum atomic E-state index is 12.3. The molecule has 0 fully saturated rings. The molecule has 3 aromatic heterocycles. The first-order valence-corrected chi connectivity index (χ1v) is 8.46. The van der Waals surface area contributed by atoms with E-state index in [1.54, 1.807) is 18.6 Å². The highest BCUT2D eigenvalue weighted by atomic mass is 32.1. The summed E-state index contributed by atoms with van der Waals surface area (Å²) < 4.78 is 1.41. The van der Waals surface area contributed by atoms with Crippen molar-refractivity contribution in [3.05, 3.63) is 45.6 Å². The van der Waals surface area contributed by atoms with E-state index in [1.807, 2.05) is 6.07 Å². The number of thiazole rings is 1. The molecule has 0 bridgehead atoms. The van der Waals surface area contributed by atoms with Crippen molar-refractivity contribution < 1.29 is 4.79 Å². The fraction of sp³-hybridized carbons (Fsp3) is 0.333. The monoisotopic (exact) mass is 346 g/mol. The summed E-state index contributed by atoms with van der Waals surface area (Å²) in [4.78, 5) is 30.8. The van der Waals surface area contributed by atoms with Crippen molar-refractivity contribution in [2.45, 2.75) is 26.3 Å². The van der Waals surface area contributed by atoms with Crippen LogP contribution in [0.3, 0.4) is 0 Å². The predicted molar refractivity (Wildman–Crippen MR) is 92.4 cm³/mol. The number of aryl methyl sites for hydroxylation is 1. The topological polar surface area (TPSA) is 95.4 Å². The largest absolute Gasteiger partial charge is 0.322 e. The molecule has 0 saturated heterocycles. The zero-order chi connectivity index (χ0) is 17.1. The minimum atomic E-state index is -0.379. The SMILES string of the molecule is CCCc1cc(CN(C)C(=O)Nc2cnc3sccn3c2=O)[nH]n1. The van der Waals surface area contributed by atoms with Gasteiger partial charge in [-0.25, -0.2) is 9.78 Å². The fourth-order valence-electron chi connectivity index (χ4n) is 2.32. The van der Waals surface area contributed by atoms with E-state index in [4.69, 9.17) is 0 Å². The van der Waals surface area contributed by atoms with Crippen molar-refractivity contribution in [1.29, 1.82) is 0 Å². The number of aromatic nitrogens is 4. The van der Waals surface area contributed by atoms with E-state index in [1.165, 1.54) is 26.8 Å². The van der Waals surface area contributed by atoms with Gasteiger partial charge in [-0.05, 0) is 12.5 Å². The fourth-order valence-corrected chi connectivity index (χ4v) is 3.00. The van der Waals surface area contributed by atoms with Crippen molar-refractivity contribution in [2.24, 2.45) is 0 Å². The second-order valence-electron chi connectivity index (χ2n) is 5.45.